The first-order chi connectivity index (χ1) is 11.7. The van der Waals surface area contributed by atoms with E-state index >= 15 is 0 Å². The molecule has 136 valence electrons. The van der Waals surface area contributed by atoms with Crippen LogP contribution in [0.3, 0.4) is 0 Å². The van der Waals surface area contributed by atoms with Crippen molar-refractivity contribution in [2.24, 2.45) is 0 Å². The summed E-state index contributed by atoms with van der Waals surface area (Å²) in [6.45, 7) is -1.30. The van der Waals surface area contributed by atoms with Crippen LogP contribution in [0, 0.1) is 0 Å². The fraction of sp³-hybridized carbons (Fsp3) is 0.545. The van der Waals surface area contributed by atoms with Crippen LogP contribution >= 0.6 is 25.9 Å². The lowest BCUT2D eigenvalue weighted by Crippen LogP contribution is -2.34. The van der Waals surface area contributed by atoms with Crippen molar-refractivity contribution in [3.8, 4) is 0 Å². The molecule has 4 N–H and O–H groups in total. The van der Waals surface area contributed by atoms with Crippen LogP contribution in [-0.4, -0.2) is 49.8 Å². The Morgan fingerprint density at radius 1 is 1.64 bits per heavy atom. The van der Waals surface area contributed by atoms with E-state index in [0.29, 0.717) is 17.6 Å². The first-order valence-electron chi connectivity index (χ1n) is 7.20. The molecule has 3 heterocycles. The number of aromatic nitrogens is 4. The Kier molecular flexibility index (Phi) is 5.72. The highest BCUT2D eigenvalue weighted by molar-refractivity contribution is 8.40. The van der Waals surface area contributed by atoms with Gasteiger partial charge in [0.25, 0.3) is 0 Å². The molecule has 0 saturated carbocycles. The molecule has 0 aromatic carbocycles. The van der Waals surface area contributed by atoms with Gasteiger partial charge in [-0.1, -0.05) is 5.09 Å². The maximum atomic E-state index is 11.5. The van der Waals surface area contributed by atoms with E-state index in [1.54, 1.807) is 10.9 Å². The van der Waals surface area contributed by atoms with Crippen LogP contribution in [0.15, 0.2) is 12.7 Å². The lowest BCUT2D eigenvalue weighted by atomic mass is 10.1. The van der Waals surface area contributed by atoms with Gasteiger partial charge in [0, 0.05) is 13.1 Å². The number of ether oxygens (including phenoxy) is 1. The minimum absolute atomic E-state index is 0.0686. The van der Waals surface area contributed by atoms with Gasteiger partial charge in [0.05, 0.1) is 19.0 Å². The van der Waals surface area contributed by atoms with Gasteiger partial charge >= 0.3 is 7.15 Å². The van der Waals surface area contributed by atoms with E-state index in [-0.39, 0.29) is 18.5 Å². The van der Waals surface area contributed by atoms with E-state index in [1.165, 1.54) is 13.0 Å². The molecule has 0 bridgehead atoms. The van der Waals surface area contributed by atoms with E-state index < -0.39 is 26.0 Å². The monoisotopic (exact) mass is 423 g/mol. The van der Waals surface area contributed by atoms with Gasteiger partial charge in [-0.05, 0) is 16.4 Å². The van der Waals surface area contributed by atoms with E-state index in [2.05, 4.69) is 32.3 Å². The van der Waals surface area contributed by atoms with Gasteiger partial charge in [0.2, 0.25) is 0 Å². The van der Waals surface area contributed by atoms with E-state index in [0.717, 1.165) is 0 Å². The summed E-state index contributed by atoms with van der Waals surface area (Å²) in [5.41, 5.74) is 6.82. The Hall–Kier alpha value is -0.710. The Balaban J connectivity index is 1.83. The number of nitrogens with zero attached hydrogens (tertiary/aromatic N) is 4. The lowest BCUT2D eigenvalue weighted by molar-refractivity contribution is -0.0189. The number of nitrogen functional groups attached to an aromatic ring is 1. The topological polar surface area (TPSA) is 137 Å². The number of hydrogen-bond donors (Lipinski definition) is 4. The zero-order chi connectivity index (χ0) is 18.2. The summed E-state index contributed by atoms with van der Waals surface area (Å²) in [5.74, 6) is 0.279. The van der Waals surface area contributed by atoms with E-state index in [1.807, 2.05) is 0 Å². The standard InChI is InChI=1S/C11H16N6O4P2S2/c1-23(19,25)20-3-7-6(16-22(18)24)2-8(21-7)17-5-15-9-10(12)13-4-14-11(9)17/h4-8H,2-3H2,1H3,(H4-,12,13,14,16,18,19,24,25)/p+1/t6-,7+,8+,23?/m0/s1. The summed E-state index contributed by atoms with van der Waals surface area (Å²) in [7, 11) is -1.88. The van der Waals surface area contributed by atoms with Crippen LogP contribution in [0.1, 0.15) is 12.6 Å². The van der Waals surface area contributed by atoms with Crippen molar-refractivity contribution in [3.63, 3.8) is 0 Å². The van der Waals surface area contributed by atoms with E-state index in [4.69, 9.17) is 26.8 Å². The van der Waals surface area contributed by atoms with Crippen molar-refractivity contribution in [1.82, 2.24) is 24.6 Å². The zero-order valence-corrected chi connectivity index (χ0v) is 16.6. The third kappa shape index (κ3) is 4.53. The van der Waals surface area contributed by atoms with Crippen LogP contribution in [0.2, 0.25) is 0 Å². The van der Waals surface area contributed by atoms with Crippen molar-refractivity contribution in [3.05, 3.63) is 12.7 Å². The van der Waals surface area contributed by atoms with Crippen LogP contribution in [-0.2, 0) is 25.6 Å². The fourth-order valence-corrected chi connectivity index (χ4v) is 4.23. The largest absolute Gasteiger partial charge is 0.504 e. The Morgan fingerprint density at radius 3 is 3.08 bits per heavy atom. The molecule has 2 unspecified atom stereocenters. The number of thiol groups is 1. The third-order valence-corrected chi connectivity index (χ3v) is 5.53. The molecule has 5 atom stereocenters. The molecular weight excluding hydrogens is 406 g/mol. The maximum absolute atomic E-state index is 11.5. The molecule has 25 heavy (non-hydrogen) atoms. The molecule has 0 spiro atoms. The molecule has 1 saturated heterocycles. The number of nitrogens with two attached hydrogens (primary N) is 1. The molecule has 14 heteroatoms. The second kappa shape index (κ2) is 7.50. The van der Waals surface area contributed by atoms with Crippen LogP contribution < -0.4 is 10.8 Å². The highest BCUT2D eigenvalue weighted by Gasteiger charge is 2.41. The van der Waals surface area contributed by atoms with Gasteiger partial charge in [-0.25, -0.2) is 15.0 Å². The second-order valence-electron chi connectivity index (χ2n) is 5.56. The van der Waals surface area contributed by atoms with Crippen molar-refractivity contribution in [1.29, 1.82) is 0 Å². The first-order valence-corrected chi connectivity index (χ1v) is 12.7. The quantitative estimate of drug-likeness (QED) is 0.396. The highest BCUT2D eigenvalue weighted by atomic mass is 32.7. The van der Waals surface area contributed by atoms with Crippen LogP contribution in [0.4, 0.5) is 5.82 Å². The highest BCUT2D eigenvalue weighted by Crippen LogP contribution is 2.40. The van der Waals surface area contributed by atoms with Gasteiger partial charge in [0.15, 0.2) is 18.0 Å². The molecule has 1 fully saturated rings. The van der Waals surface area contributed by atoms with Gasteiger partial charge < -0.3 is 19.9 Å². The number of hydrogen-bond acceptors (Lipinski definition) is 8. The Labute approximate surface area is 154 Å². The van der Waals surface area contributed by atoms with Crippen molar-refractivity contribution >= 4 is 54.7 Å². The summed E-state index contributed by atoms with van der Waals surface area (Å²) in [6.07, 6.45) is 2.50. The minimum Gasteiger partial charge on any atom is -0.382 e. The number of anilines is 1. The molecule has 2 aromatic heterocycles. The SMILES string of the molecule is CP(O)(=S)OC[C@H]1O[C@@H](n2cnc3c(N)ncnc32)C[C@@H]1N[P+](=O)S. The molecular formula is C11H17N6O4P2S2+. The van der Waals surface area contributed by atoms with Gasteiger partial charge in [0.1, 0.15) is 36.4 Å². The van der Waals surface area contributed by atoms with E-state index in [9.17, 15) is 9.46 Å². The summed E-state index contributed by atoms with van der Waals surface area (Å²) in [5, 5.41) is 2.85. The summed E-state index contributed by atoms with van der Waals surface area (Å²) < 4.78 is 24.5. The number of rotatable bonds is 6. The number of nitrogens with one attached hydrogen (secondary N) is 1. The van der Waals surface area contributed by atoms with Gasteiger partial charge in [-0.3, -0.25) is 4.57 Å². The predicted molar refractivity (Wildman–Crippen MR) is 100 cm³/mol. The summed E-state index contributed by atoms with van der Waals surface area (Å²) >= 11 is 8.78. The Bertz CT molecular complexity index is 845. The maximum Gasteiger partial charge on any atom is 0.504 e. The average molecular weight is 423 g/mol. The third-order valence-electron chi connectivity index (χ3n) is 3.69. The lowest BCUT2D eigenvalue weighted by Gasteiger charge is -2.18. The Morgan fingerprint density at radius 2 is 2.40 bits per heavy atom. The molecule has 2 aromatic rings. The van der Waals surface area contributed by atoms with Crippen molar-refractivity contribution < 1.29 is 18.7 Å². The van der Waals surface area contributed by atoms with Gasteiger partial charge in [-0.2, -0.15) is 0 Å². The number of fused-ring (bicyclic) bond motifs is 1. The normalized spacial score (nSPS) is 26.7. The molecule has 3 rings (SSSR count). The summed E-state index contributed by atoms with van der Waals surface area (Å²) in [4.78, 5) is 22.0. The molecule has 0 aliphatic carbocycles. The molecule has 0 amide bonds. The van der Waals surface area contributed by atoms with Gasteiger partial charge in [-0.15, -0.1) is 0 Å². The van der Waals surface area contributed by atoms with Crippen molar-refractivity contribution in [2.45, 2.75) is 24.8 Å². The second-order valence-corrected chi connectivity index (χ2v) is 11.3. The fourth-order valence-electron chi connectivity index (χ4n) is 2.63. The predicted octanol–water partition coefficient (Wildman–Crippen LogP) is 1.19. The molecule has 1 aliphatic heterocycles. The smallest absolute Gasteiger partial charge is 0.382 e. The average Bonchev–Trinajstić information content (AvgIpc) is 3.08. The van der Waals surface area contributed by atoms with Crippen LogP contribution in [0.5, 0.6) is 0 Å². The van der Waals surface area contributed by atoms with Crippen LogP contribution in [0.25, 0.3) is 11.2 Å². The summed E-state index contributed by atoms with van der Waals surface area (Å²) in [6, 6.07) is -0.302. The number of imidazole rings is 1. The van der Waals surface area contributed by atoms with Crippen molar-refractivity contribution in [2.75, 3.05) is 19.0 Å². The molecule has 0 radical (unpaired) electrons. The first kappa shape index (κ1) is 19.1. The molecule has 10 nitrogen and oxygen atoms in total. The molecule has 1 aliphatic rings. The minimum atomic E-state index is -2.83. The zero-order valence-electron chi connectivity index (χ0n) is 13.1.